The summed E-state index contributed by atoms with van der Waals surface area (Å²) in [6.07, 6.45) is 3.29. The van der Waals surface area contributed by atoms with Crippen molar-refractivity contribution in [2.24, 2.45) is 0 Å². The Bertz CT molecular complexity index is 1350. The topological polar surface area (TPSA) is 69.4 Å². The number of nitrogens with one attached hydrogen (secondary N) is 3. The van der Waals surface area contributed by atoms with Crippen molar-refractivity contribution in [3.8, 4) is 22.3 Å². The van der Waals surface area contributed by atoms with E-state index in [4.69, 9.17) is 0 Å². The monoisotopic (exact) mass is 411 g/mol. The number of halogens is 1. The second-order valence-electron chi connectivity index (χ2n) is 7.64. The van der Waals surface area contributed by atoms with Crippen LogP contribution in [0.2, 0.25) is 0 Å². The van der Waals surface area contributed by atoms with E-state index in [2.05, 4.69) is 50.4 Å². The number of aromatic nitrogens is 4. The van der Waals surface area contributed by atoms with Crippen LogP contribution in [0.3, 0.4) is 0 Å². The highest BCUT2D eigenvalue weighted by Crippen LogP contribution is 2.36. The average molecular weight is 411 g/mol. The molecule has 3 N–H and O–H groups in total. The lowest BCUT2D eigenvalue weighted by Crippen LogP contribution is -2.10. The first kappa shape index (κ1) is 19.1. The summed E-state index contributed by atoms with van der Waals surface area (Å²) in [4.78, 5) is 15.5. The fourth-order valence-electron chi connectivity index (χ4n) is 4.05. The number of hydrogen-bond acceptors (Lipinski definition) is 3. The normalized spacial score (nSPS) is 12.2. The van der Waals surface area contributed by atoms with Crippen molar-refractivity contribution >= 4 is 16.9 Å². The summed E-state index contributed by atoms with van der Waals surface area (Å²) in [6.45, 7) is 4.13. The Kier molecular flexibility index (Phi) is 4.75. The number of aryl methyl sites for hydroxylation is 1. The molecule has 0 radical (unpaired) electrons. The minimum Gasteiger partial charge on any atom is -0.361 e. The Balaban J connectivity index is 1.57. The quantitative estimate of drug-likeness (QED) is 0.321. The summed E-state index contributed by atoms with van der Waals surface area (Å²) in [5.41, 5.74) is 6.36. The zero-order valence-corrected chi connectivity index (χ0v) is 17.3. The van der Waals surface area contributed by atoms with E-state index < -0.39 is 0 Å². The van der Waals surface area contributed by atoms with Gasteiger partial charge in [-0.05, 0) is 31.5 Å². The number of anilines is 1. The molecule has 0 unspecified atom stereocenters. The Morgan fingerprint density at radius 1 is 0.935 bits per heavy atom. The molecule has 0 amide bonds. The van der Waals surface area contributed by atoms with Gasteiger partial charge in [-0.1, -0.05) is 48.5 Å². The molecule has 0 saturated heterocycles. The van der Waals surface area contributed by atoms with Crippen LogP contribution in [0.1, 0.15) is 24.4 Å². The zero-order valence-electron chi connectivity index (χ0n) is 17.3. The van der Waals surface area contributed by atoms with Crippen molar-refractivity contribution in [3.05, 3.63) is 90.4 Å². The Hall–Kier alpha value is -3.93. The third-order valence-corrected chi connectivity index (χ3v) is 5.49. The summed E-state index contributed by atoms with van der Waals surface area (Å²) in [6, 6.07) is 19.1. The molecular formula is C25H22FN5. The van der Waals surface area contributed by atoms with Gasteiger partial charge in [-0.25, -0.2) is 14.4 Å². The summed E-state index contributed by atoms with van der Waals surface area (Å²) < 4.78 is 14.5. The number of benzene rings is 2. The van der Waals surface area contributed by atoms with E-state index in [0.717, 1.165) is 33.5 Å². The lowest BCUT2D eigenvalue weighted by molar-refractivity contribution is 0.631. The second-order valence-corrected chi connectivity index (χ2v) is 7.64. The SMILES string of the molecule is Cc1cc(-c2ccccc2)c([C@H](C)Nc2ncnc3[nH]cc(-c4ccccc4F)c23)[nH]1. The number of H-pyrrole nitrogens is 2. The molecule has 6 heteroatoms. The number of nitrogens with zero attached hydrogens (tertiary/aromatic N) is 2. The average Bonchev–Trinajstić information content (AvgIpc) is 3.39. The second kappa shape index (κ2) is 7.72. The molecule has 5 rings (SSSR count). The third-order valence-electron chi connectivity index (χ3n) is 5.49. The molecule has 3 aromatic heterocycles. The van der Waals surface area contributed by atoms with Gasteiger partial charge in [-0.3, -0.25) is 0 Å². The van der Waals surface area contributed by atoms with Crippen LogP contribution in [0.5, 0.6) is 0 Å². The molecule has 2 aromatic carbocycles. The highest BCUT2D eigenvalue weighted by Gasteiger charge is 2.19. The van der Waals surface area contributed by atoms with Gasteiger partial charge in [0.2, 0.25) is 0 Å². The Morgan fingerprint density at radius 3 is 2.52 bits per heavy atom. The summed E-state index contributed by atoms with van der Waals surface area (Å²) in [7, 11) is 0. The van der Waals surface area contributed by atoms with Crippen LogP contribution < -0.4 is 5.32 Å². The van der Waals surface area contributed by atoms with E-state index >= 15 is 0 Å². The highest BCUT2D eigenvalue weighted by atomic mass is 19.1. The van der Waals surface area contributed by atoms with Crippen LogP contribution in [0.25, 0.3) is 33.3 Å². The van der Waals surface area contributed by atoms with Crippen LogP contribution in [0.4, 0.5) is 10.2 Å². The summed E-state index contributed by atoms with van der Waals surface area (Å²) >= 11 is 0. The van der Waals surface area contributed by atoms with Crippen molar-refractivity contribution < 1.29 is 4.39 Å². The van der Waals surface area contributed by atoms with Gasteiger partial charge >= 0.3 is 0 Å². The minimum absolute atomic E-state index is 0.0645. The maximum Gasteiger partial charge on any atom is 0.143 e. The van der Waals surface area contributed by atoms with E-state index in [1.165, 1.54) is 12.4 Å². The first-order valence-corrected chi connectivity index (χ1v) is 10.2. The first-order valence-electron chi connectivity index (χ1n) is 10.2. The van der Waals surface area contributed by atoms with Crippen molar-refractivity contribution in [2.75, 3.05) is 5.32 Å². The molecule has 0 aliphatic rings. The fourth-order valence-corrected chi connectivity index (χ4v) is 4.05. The lowest BCUT2D eigenvalue weighted by Gasteiger charge is -2.17. The number of fused-ring (bicyclic) bond motifs is 1. The van der Waals surface area contributed by atoms with Crippen molar-refractivity contribution in [1.29, 1.82) is 0 Å². The summed E-state index contributed by atoms with van der Waals surface area (Å²) in [5.74, 6) is 0.376. The smallest absolute Gasteiger partial charge is 0.143 e. The molecule has 3 heterocycles. The van der Waals surface area contributed by atoms with Crippen LogP contribution in [-0.2, 0) is 0 Å². The molecule has 0 bridgehead atoms. The molecule has 5 aromatic rings. The Morgan fingerprint density at radius 2 is 1.71 bits per heavy atom. The predicted octanol–water partition coefficient (Wildman–Crippen LogP) is 6.24. The molecule has 1 atom stereocenters. The molecule has 0 aliphatic heterocycles. The maximum atomic E-state index is 14.5. The van der Waals surface area contributed by atoms with Gasteiger partial charge in [-0.15, -0.1) is 0 Å². The number of hydrogen-bond donors (Lipinski definition) is 3. The third kappa shape index (κ3) is 3.46. The molecule has 0 saturated carbocycles. The van der Waals surface area contributed by atoms with E-state index in [0.29, 0.717) is 17.0 Å². The van der Waals surface area contributed by atoms with E-state index in [-0.39, 0.29) is 11.9 Å². The zero-order chi connectivity index (χ0) is 21.4. The predicted molar refractivity (Wildman–Crippen MR) is 122 cm³/mol. The van der Waals surface area contributed by atoms with Crippen LogP contribution in [0, 0.1) is 12.7 Å². The van der Waals surface area contributed by atoms with Crippen LogP contribution in [0.15, 0.2) is 73.2 Å². The van der Waals surface area contributed by atoms with E-state index in [1.54, 1.807) is 18.3 Å². The van der Waals surface area contributed by atoms with Gasteiger partial charge in [0.05, 0.1) is 11.4 Å². The van der Waals surface area contributed by atoms with Gasteiger partial charge in [0, 0.05) is 34.3 Å². The van der Waals surface area contributed by atoms with E-state index in [1.807, 2.05) is 31.2 Å². The number of aromatic amines is 2. The molecular weight excluding hydrogens is 389 g/mol. The maximum absolute atomic E-state index is 14.5. The molecule has 5 nitrogen and oxygen atoms in total. The van der Waals surface area contributed by atoms with Gasteiger partial charge in [0.1, 0.15) is 23.6 Å². The van der Waals surface area contributed by atoms with Gasteiger partial charge in [0.25, 0.3) is 0 Å². The standard InChI is InChI=1S/C25H22FN5/c1-15-12-19(17-8-4-3-5-9-17)23(30-15)16(2)31-25-22-20(13-27-24(22)28-14-29-25)18-10-6-7-11-21(18)26/h3-14,16,30H,1-2H3,(H2,27,28,29,31)/t16-/m0/s1. The van der Waals surface area contributed by atoms with Crippen molar-refractivity contribution in [3.63, 3.8) is 0 Å². The molecule has 154 valence electrons. The molecule has 0 spiro atoms. The van der Waals surface area contributed by atoms with Crippen molar-refractivity contribution in [1.82, 2.24) is 19.9 Å². The largest absolute Gasteiger partial charge is 0.361 e. The van der Waals surface area contributed by atoms with Gasteiger partial charge < -0.3 is 15.3 Å². The van der Waals surface area contributed by atoms with E-state index in [9.17, 15) is 4.39 Å². The minimum atomic E-state index is -0.280. The number of rotatable bonds is 5. The van der Waals surface area contributed by atoms with Crippen LogP contribution >= 0.6 is 0 Å². The fraction of sp³-hybridized carbons (Fsp3) is 0.120. The van der Waals surface area contributed by atoms with Crippen LogP contribution in [-0.4, -0.2) is 19.9 Å². The molecule has 0 aliphatic carbocycles. The summed E-state index contributed by atoms with van der Waals surface area (Å²) in [5, 5.41) is 4.28. The molecule has 31 heavy (non-hydrogen) atoms. The van der Waals surface area contributed by atoms with Gasteiger partial charge in [-0.2, -0.15) is 0 Å². The first-order chi connectivity index (χ1) is 15.1. The lowest BCUT2D eigenvalue weighted by atomic mass is 10.0. The highest BCUT2D eigenvalue weighted by molar-refractivity contribution is 6.01. The molecule has 0 fully saturated rings. The Labute approximate surface area is 179 Å². The van der Waals surface area contributed by atoms with Crippen molar-refractivity contribution in [2.45, 2.75) is 19.9 Å². The van der Waals surface area contributed by atoms with Gasteiger partial charge in [0.15, 0.2) is 0 Å².